The Morgan fingerprint density at radius 3 is 2.55 bits per heavy atom. The summed E-state index contributed by atoms with van der Waals surface area (Å²) in [7, 11) is 0. The van der Waals surface area contributed by atoms with Gasteiger partial charge in [0.2, 0.25) is 5.91 Å². The molecule has 1 unspecified atom stereocenters. The third-order valence-electron chi connectivity index (χ3n) is 6.36. The summed E-state index contributed by atoms with van der Waals surface area (Å²) in [6.07, 6.45) is 3.54. The molecule has 2 amide bonds. The number of amides is 2. The molecule has 0 N–H and O–H groups in total. The van der Waals surface area contributed by atoms with Crippen LogP contribution in [0, 0.1) is 5.92 Å². The van der Waals surface area contributed by atoms with Crippen LogP contribution in [0.15, 0.2) is 54.0 Å². The number of carbonyl (C=O) groups excluding carboxylic acids is 2. The Morgan fingerprint density at radius 2 is 1.74 bits per heavy atom. The van der Waals surface area contributed by atoms with Crippen LogP contribution >= 0.6 is 11.3 Å². The molecule has 0 saturated carbocycles. The van der Waals surface area contributed by atoms with Gasteiger partial charge in [-0.2, -0.15) is 0 Å². The molecule has 3 heterocycles. The predicted molar refractivity (Wildman–Crippen MR) is 123 cm³/mol. The van der Waals surface area contributed by atoms with Crippen molar-refractivity contribution in [2.45, 2.75) is 12.8 Å². The topological polar surface area (TPSA) is 56.8 Å². The summed E-state index contributed by atoms with van der Waals surface area (Å²) in [4.78, 5) is 37.0. The van der Waals surface area contributed by atoms with Crippen LogP contribution in [0.5, 0.6) is 0 Å². The van der Waals surface area contributed by atoms with E-state index in [-0.39, 0.29) is 17.7 Å². The van der Waals surface area contributed by atoms with Crippen LogP contribution < -0.4 is 4.90 Å². The minimum Gasteiger partial charge on any atom is -0.345 e. The fraction of sp³-hybridized carbons (Fsp3) is 0.375. The van der Waals surface area contributed by atoms with Crippen LogP contribution in [0.1, 0.15) is 23.2 Å². The van der Waals surface area contributed by atoms with Crippen molar-refractivity contribution in [1.82, 2.24) is 14.8 Å². The summed E-state index contributed by atoms with van der Waals surface area (Å²) in [6.45, 7) is 4.27. The molecule has 2 saturated heterocycles. The Morgan fingerprint density at radius 1 is 0.935 bits per heavy atom. The van der Waals surface area contributed by atoms with E-state index in [1.807, 2.05) is 63.8 Å². The smallest absolute Gasteiger partial charge is 0.254 e. The van der Waals surface area contributed by atoms with Crippen molar-refractivity contribution in [2.75, 3.05) is 44.2 Å². The standard InChI is InChI=1S/C24H26N4O2S/c29-22(26-12-14-27(15-13-26)24-25-10-16-31-24)19-7-4-11-28(17-19)23(30)21-9-3-6-18-5-1-2-8-20(18)21/h1-3,5-6,8-10,16,19H,4,7,11-15,17H2. The van der Waals surface area contributed by atoms with Crippen molar-refractivity contribution >= 4 is 39.1 Å². The molecule has 1 aromatic heterocycles. The molecule has 3 aromatic rings. The number of hydrogen-bond donors (Lipinski definition) is 0. The van der Waals surface area contributed by atoms with Gasteiger partial charge in [0, 0.05) is 56.4 Å². The molecule has 0 radical (unpaired) electrons. The number of piperidine rings is 1. The number of hydrogen-bond acceptors (Lipinski definition) is 5. The lowest BCUT2D eigenvalue weighted by molar-refractivity contribution is -0.137. The first-order valence-electron chi connectivity index (χ1n) is 10.9. The number of likely N-dealkylation sites (tertiary alicyclic amines) is 1. The second-order valence-corrected chi connectivity index (χ2v) is 9.12. The van der Waals surface area contributed by atoms with Crippen molar-refractivity contribution < 1.29 is 9.59 Å². The number of fused-ring (bicyclic) bond motifs is 1. The number of benzene rings is 2. The van der Waals surface area contributed by atoms with Gasteiger partial charge in [0.15, 0.2) is 5.13 Å². The van der Waals surface area contributed by atoms with E-state index in [0.717, 1.165) is 47.4 Å². The minimum absolute atomic E-state index is 0.0305. The highest BCUT2D eigenvalue weighted by Gasteiger charge is 2.33. The number of aromatic nitrogens is 1. The molecule has 31 heavy (non-hydrogen) atoms. The summed E-state index contributed by atoms with van der Waals surface area (Å²) in [6, 6.07) is 13.8. The number of nitrogens with zero attached hydrogens (tertiary/aromatic N) is 4. The van der Waals surface area contributed by atoms with Gasteiger partial charge in [0.25, 0.3) is 5.91 Å². The monoisotopic (exact) mass is 434 g/mol. The number of anilines is 1. The van der Waals surface area contributed by atoms with E-state index in [4.69, 9.17) is 0 Å². The molecule has 7 heteroatoms. The summed E-state index contributed by atoms with van der Waals surface area (Å²) in [5.74, 6) is 0.108. The quantitative estimate of drug-likeness (QED) is 0.633. The van der Waals surface area contributed by atoms with Crippen LogP contribution in [-0.4, -0.2) is 65.9 Å². The maximum atomic E-state index is 13.3. The molecule has 2 aromatic carbocycles. The van der Waals surface area contributed by atoms with Gasteiger partial charge >= 0.3 is 0 Å². The third-order valence-corrected chi connectivity index (χ3v) is 7.19. The van der Waals surface area contributed by atoms with E-state index in [1.54, 1.807) is 11.3 Å². The molecule has 160 valence electrons. The van der Waals surface area contributed by atoms with Gasteiger partial charge in [-0.25, -0.2) is 4.98 Å². The van der Waals surface area contributed by atoms with E-state index < -0.39 is 0 Å². The van der Waals surface area contributed by atoms with Crippen molar-refractivity contribution in [3.63, 3.8) is 0 Å². The largest absolute Gasteiger partial charge is 0.345 e. The highest BCUT2D eigenvalue weighted by atomic mass is 32.1. The Kier molecular flexibility index (Phi) is 5.59. The van der Waals surface area contributed by atoms with Crippen LogP contribution in [0.2, 0.25) is 0 Å². The summed E-state index contributed by atoms with van der Waals surface area (Å²) >= 11 is 1.64. The van der Waals surface area contributed by atoms with Crippen LogP contribution in [-0.2, 0) is 4.79 Å². The van der Waals surface area contributed by atoms with Crippen molar-refractivity contribution in [2.24, 2.45) is 5.92 Å². The van der Waals surface area contributed by atoms with E-state index in [0.29, 0.717) is 26.2 Å². The Labute approximate surface area is 186 Å². The number of piperazine rings is 1. The van der Waals surface area contributed by atoms with Crippen LogP contribution in [0.4, 0.5) is 5.13 Å². The lowest BCUT2D eigenvalue weighted by Gasteiger charge is -2.39. The van der Waals surface area contributed by atoms with Gasteiger partial charge in [-0.1, -0.05) is 36.4 Å². The normalized spacial score (nSPS) is 19.6. The van der Waals surface area contributed by atoms with Gasteiger partial charge in [0.1, 0.15) is 0 Å². The summed E-state index contributed by atoms with van der Waals surface area (Å²) in [5, 5.41) is 5.05. The highest BCUT2D eigenvalue weighted by Crippen LogP contribution is 2.25. The predicted octanol–water partition coefficient (Wildman–Crippen LogP) is 3.50. The maximum Gasteiger partial charge on any atom is 0.254 e. The maximum absolute atomic E-state index is 13.3. The zero-order valence-corrected chi connectivity index (χ0v) is 18.3. The molecular weight excluding hydrogens is 408 g/mol. The lowest BCUT2D eigenvalue weighted by Crippen LogP contribution is -2.53. The molecule has 2 fully saturated rings. The average Bonchev–Trinajstić information content (AvgIpc) is 3.38. The molecule has 1 atom stereocenters. The fourth-order valence-corrected chi connectivity index (χ4v) is 5.39. The molecule has 5 rings (SSSR count). The molecular formula is C24H26N4O2S. The van der Waals surface area contributed by atoms with E-state index >= 15 is 0 Å². The Hall–Kier alpha value is -2.93. The van der Waals surface area contributed by atoms with Crippen LogP contribution in [0.3, 0.4) is 0 Å². The first-order valence-corrected chi connectivity index (χ1v) is 11.8. The average molecular weight is 435 g/mol. The SMILES string of the molecule is O=C(c1cccc2ccccc12)N1CCCC(C(=O)N2CCN(c3nccs3)CC2)C1. The fourth-order valence-electron chi connectivity index (χ4n) is 4.69. The second-order valence-electron chi connectivity index (χ2n) is 8.24. The van der Waals surface area contributed by atoms with Gasteiger partial charge in [-0.3, -0.25) is 9.59 Å². The van der Waals surface area contributed by atoms with Crippen molar-refractivity contribution in [3.05, 3.63) is 59.6 Å². The van der Waals surface area contributed by atoms with Gasteiger partial charge < -0.3 is 14.7 Å². The number of rotatable bonds is 3. The van der Waals surface area contributed by atoms with E-state index in [9.17, 15) is 9.59 Å². The minimum atomic E-state index is -0.112. The van der Waals surface area contributed by atoms with E-state index in [1.165, 1.54) is 0 Å². The van der Waals surface area contributed by atoms with E-state index in [2.05, 4.69) is 9.88 Å². The van der Waals surface area contributed by atoms with Crippen molar-refractivity contribution in [1.29, 1.82) is 0 Å². The first kappa shape index (κ1) is 20.0. The second kappa shape index (κ2) is 8.67. The van der Waals surface area contributed by atoms with Gasteiger partial charge in [-0.15, -0.1) is 11.3 Å². The Balaban J connectivity index is 1.25. The van der Waals surface area contributed by atoms with Crippen LogP contribution in [0.25, 0.3) is 10.8 Å². The first-order chi connectivity index (χ1) is 15.2. The third kappa shape index (κ3) is 4.02. The van der Waals surface area contributed by atoms with Gasteiger partial charge in [-0.05, 0) is 29.7 Å². The zero-order chi connectivity index (χ0) is 21.2. The molecule has 0 bridgehead atoms. The zero-order valence-electron chi connectivity index (χ0n) is 17.4. The number of carbonyl (C=O) groups is 2. The lowest BCUT2D eigenvalue weighted by atomic mass is 9.95. The molecule has 2 aliphatic heterocycles. The molecule has 0 spiro atoms. The molecule has 6 nitrogen and oxygen atoms in total. The summed E-state index contributed by atoms with van der Waals surface area (Å²) in [5.41, 5.74) is 0.725. The molecule has 0 aliphatic carbocycles. The summed E-state index contributed by atoms with van der Waals surface area (Å²) < 4.78 is 0. The molecule has 2 aliphatic rings. The number of thiazole rings is 1. The highest BCUT2D eigenvalue weighted by molar-refractivity contribution is 7.13. The van der Waals surface area contributed by atoms with Crippen molar-refractivity contribution in [3.8, 4) is 0 Å². The van der Waals surface area contributed by atoms with Gasteiger partial charge in [0.05, 0.1) is 5.92 Å². The Bertz CT molecular complexity index is 1070.